The fourth-order valence-corrected chi connectivity index (χ4v) is 4.68. The molecule has 2 heterocycles. The third kappa shape index (κ3) is 25.0. The zero-order valence-electron chi connectivity index (χ0n) is 30.2. The van der Waals surface area contributed by atoms with Crippen molar-refractivity contribution >= 4 is 59.0 Å². The first-order valence-corrected chi connectivity index (χ1v) is 18.9. The fraction of sp³-hybridized carbons (Fsp3) is 0.706. The molecular weight excluding hydrogens is 652 g/mol. The standard InChI is InChI=1S/C23H38N4O5S.C7H10N2O3.2C2H6/c1-33-18-13-21(30)26-15-7-3-2-6-14-24-19(28)9-5-4-8-16-25-20(29)12-17-27-22(31)10-11-23(27)32;8-5(10)3-4-9-6(11)1-2-7(9)12;2*1-2/h10-11H,2-9,12-18H2,1H3,(H,24,28)(H,25,29)(H,26,30);1-4H2,(H2,8,10);2*1-2H3. The molecule has 5 N–H and O–H groups in total. The number of hydrogen-bond donors (Lipinski definition) is 4. The second kappa shape index (κ2) is 31.5. The van der Waals surface area contributed by atoms with E-state index in [0.29, 0.717) is 25.9 Å². The van der Waals surface area contributed by atoms with Gasteiger partial charge in [-0.15, -0.1) is 0 Å². The lowest BCUT2D eigenvalue weighted by Crippen LogP contribution is -2.34. The van der Waals surface area contributed by atoms with E-state index in [-0.39, 0.29) is 80.1 Å². The van der Waals surface area contributed by atoms with Gasteiger partial charge in [-0.1, -0.05) is 47.0 Å². The molecule has 0 radical (unpaired) electrons. The Morgan fingerprint density at radius 2 is 1.02 bits per heavy atom. The van der Waals surface area contributed by atoms with Crippen LogP contribution < -0.4 is 21.7 Å². The summed E-state index contributed by atoms with van der Waals surface area (Å²) in [6.45, 7) is 10.1. The number of nitrogens with two attached hydrogens (primary N) is 1. The molecule has 0 saturated carbocycles. The summed E-state index contributed by atoms with van der Waals surface area (Å²) in [5, 5.41) is 8.62. The van der Waals surface area contributed by atoms with Crippen LogP contribution in [0.25, 0.3) is 0 Å². The highest BCUT2D eigenvalue weighted by Crippen LogP contribution is 2.11. The predicted molar refractivity (Wildman–Crippen MR) is 192 cm³/mol. The first-order valence-electron chi connectivity index (χ1n) is 17.5. The smallest absolute Gasteiger partial charge is 0.253 e. The minimum Gasteiger partial charge on any atom is -0.370 e. The van der Waals surface area contributed by atoms with E-state index in [0.717, 1.165) is 67.0 Å². The molecule has 0 spiro atoms. The van der Waals surface area contributed by atoms with E-state index in [1.165, 1.54) is 12.2 Å². The molecule has 0 bridgehead atoms. The number of likely N-dealkylation sites (tertiary alicyclic amines) is 1. The highest BCUT2D eigenvalue weighted by atomic mass is 32.2. The van der Waals surface area contributed by atoms with Crippen molar-refractivity contribution in [2.24, 2.45) is 5.73 Å². The number of amides is 8. The topological polar surface area (TPSA) is 205 Å². The summed E-state index contributed by atoms with van der Waals surface area (Å²) in [6.07, 6.45) is 12.4. The zero-order chi connectivity index (χ0) is 37.5. The summed E-state index contributed by atoms with van der Waals surface area (Å²) in [4.78, 5) is 92.3. The van der Waals surface area contributed by atoms with Gasteiger partial charge in [-0.3, -0.25) is 48.2 Å². The Hall–Kier alpha value is -3.75. The summed E-state index contributed by atoms with van der Waals surface area (Å²) in [7, 11) is 0. The van der Waals surface area contributed by atoms with Crippen molar-refractivity contribution in [2.75, 3.05) is 44.7 Å². The molecule has 0 atom stereocenters. The number of nitrogens with zero attached hydrogens (tertiary/aromatic N) is 2. The van der Waals surface area contributed by atoms with E-state index in [9.17, 15) is 38.4 Å². The maximum Gasteiger partial charge on any atom is 0.253 e. The molecule has 2 rings (SSSR count). The van der Waals surface area contributed by atoms with Crippen LogP contribution in [0.2, 0.25) is 0 Å². The van der Waals surface area contributed by atoms with Gasteiger partial charge >= 0.3 is 0 Å². The Labute approximate surface area is 296 Å². The van der Waals surface area contributed by atoms with Gasteiger partial charge in [-0.2, -0.15) is 11.8 Å². The third-order valence-electron chi connectivity index (χ3n) is 6.88. The summed E-state index contributed by atoms with van der Waals surface area (Å²) in [5.41, 5.74) is 4.87. The average molecular weight is 713 g/mol. The first-order chi connectivity index (χ1) is 23.5. The first kappa shape index (κ1) is 47.4. The molecular formula is C34H60N6O8S. The number of rotatable bonds is 22. The Bertz CT molecular complexity index is 1040. The van der Waals surface area contributed by atoms with Gasteiger partial charge < -0.3 is 21.7 Å². The molecule has 15 heteroatoms. The molecule has 0 aromatic rings. The van der Waals surface area contributed by atoms with Crippen LogP contribution in [0.4, 0.5) is 0 Å². The molecule has 1 fully saturated rings. The average Bonchev–Trinajstić information content (AvgIpc) is 3.60. The van der Waals surface area contributed by atoms with E-state index < -0.39 is 5.91 Å². The van der Waals surface area contributed by atoms with Gasteiger partial charge in [0.15, 0.2) is 0 Å². The van der Waals surface area contributed by atoms with E-state index in [1.807, 2.05) is 34.0 Å². The molecule has 1 saturated heterocycles. The van der Waals surface area contributed by atoms with Crippen LogP contribution in [-0.4, -0.2) is 102 Å². The summed E-state index contributed by atoms with van der Waals surface area (Å²) >= 11 is 1.67. The van der Waals surface area contributed by atoms with Gasteiger partial charge in [-0.05, 0) is 31.9 Å². The predicted octanol–water partition coefficient (Wildman–Crippen LogP) is 2.59. The number of imide groups is 2. The summed E-state index contributed by atoms with van der Waals surface area (Å²) in [6, 6.07) is 0. The Morgan fingerprint density at radius 3 is 1.47 bits per heavy atom. The SMILES string of the molecule is CC.CC.CSCCC(=O)NCCCCCCNC(=O)CCCCCNC(=O)CCN1C(=O)C=CC1=O.NC(=O)CCN1C(=O)CCC1=O. The van der Waals surface area contributed by atoms with Gasteiger partial charge in [0.1, 0.15) is 0 Å². The maximum atomic E-state index is 11.8. The number of carbonyl (C=O) groups excluding carboxylic acids is 8. The van der Waals surface area contributed by atoms with Gasteiger partial charge in [0.25, 0.3) is 11.8 Å². The number of thioether (sulfide) groups is 1. The van der Waals surface area contributed by atoms with Crippen molar-refractivity contribution in [1.29, 1.82) is 0 Å². The van der Waals surface area contributed by atoms with E-state index >= 15 is 0 Å². The monoisotopic (exact) mass is 712 g/mol. The molecule has 2 aliphatic heterocycles. The van der Waals surface area contributed by atoms with Crippen molar-refractivity contribution in [2.45, 2.75) is 111 Å². The Morgan fingerprint density at radius 1 is 0.612 bits per heavy atom. The summed E-state index contributed by atoms with van der Waals surface area (Å²) < 4.78 is 0. The van der Waals surface area contributed by atoms with Crippen LogP contribution in [0.5, 0.6) is 0 Å². The van der Waals surface area contributed by atoms with Crippen LogP contribution in [0.15, 0.2) is 12.2 Å². The molecule has 2 aliphatic rings. The lowest BCUT2D eigenvalue weighted by atomic mass is 10.1. The number of carbonyl (C=O) groups is 8. The highest BCUT2D eigenvalue weighted by Gasteiger charge is 2.28. The lowest BCUT2D eigenvalue weighted by molar-refractivity contribution is -0.140. The van der Waals surface area contributed by atoms with Crippen molar-refractivity contribution in [1.82, 2.24) is 25.8 Å². The van der Waals surface area contributed by atoms with Crippen LogP contribution in [0, 0.1) is 0 Å². The fourth-order valence-electron chi connectivity index (χ4n) is 4.29. The normalized spacial score (nSPS) is 13.1. The van der Waals surface area contributed by atoms with Gasteiger partial charge in [-0.25, -0.2) is 0 Å². The van der Waals surface area contributed by atoms with Gasteiger partial charge in [0.05, 0.1) is 0 Å². The zero-order valence-corrected chi connectivity index (χ0v) is 31.1. The molecule has 0 aliphatic carbocycles. The number of nitrogens with one attached hydrogen (secondary N) is 3. The van der Waals surface area contributed by atoms with E-state index in [1.54, 1.807) is 11.8 Å². The van der Waals surface area contributed by atoms with Crippen LogP contribution in [0.1, 0.15) is 111 Å². The van der Waals surface area contributed by atoms with Crippen LogP contribution >= 0.6 is 11.8 Å². The van der Waals surface area contributed by atoms with Crippen LogP contribution in [-0.2, 0) is 38.4 Å². The van der Waals surface area contributed by atoms with Crippen molar-refractivity contribution in [3.05, 3.63) is 12.2 Å². The summed E-state index contributed by atoms with van der Waals surface area (Å²) in [5.74, 6) is -0.850. The Balaban J connectivity index is 0. The van der Waals surface area contributed by atoms with Gasteiger partial charge in [0, 0.05) is 89.2 Å². The molecule has 49 heavy (non-hydrogen) atoms. The second-order valence-electron chi connectivity index (χ2n) is 10.6. The molecule has 0 unspecified atom stereocenters. The van der Waals surface area contributed by atoms with E-state index in [2.05, 4.69) is 16.0 Å². The van der Waals surface area contributed by atoms with Crippen molar-refractivity contribution in [3.63, 3.8) is 0 Å². The Kier molecular flexibility index (Phi) is 30.5. The van der Waals surface area contributed by atoms with Crippen molar-refractivity contribution < 1.29 is 38.4 Å². The van der Waals surface area contributed by atoms with E-state index in [4.69, 9.17) is 5.73 Å². The second-order valence-corrected chi connectivity index (χ2v) is 11.6. The number of primary amides is 1. The minimum atomic E-state index is -0.498. The quantitative estimate of drug-likeness (QED) is 0.0961. The molecule has 280 valence electrons. The highest BCUT2D eigenvalue weighted by molar-refractivity contribution is 7.98. The third-order valence-corrected chi connectivity index (χ3v) is 7.50. The van der Waals surface area contributed by atoms with Gasteiger partial charge in [0.2, 0.25) is 35.4 Å². The minimum absolute atomic E-state index is 0.0497. The van der Waals surface area contributed by atoms with Crippen molar-refractivity contribution in [3.8, 4) is 0 Å². The number of unbranched alkanes of at least 4 members (excludes halogenated alkanes) is 5. The number of hydrogen-bond acceptors (Lipinski definition) is 9. The molecule has 0 aromatic heterocycles. The lowest BCUT2D eigenvalue weighted by Gasteiger charge is -2.13. The molecule has 14 nitrogen and oxygen atoms in total. The largest absolute Gasteiger partial charge is 0.370 e. The van der Waals surface area contributed by atoms with Crippen LogP contribution in [0.3, 0.4) is 0 Å². The maximum absolute atomic E-state index is 11.8. The molecule has 0 aromatic carbocycles. The molecule has 8 amide bonds.